The number of carbonyl (C=O) groups is 1. The van der Waals surface area contributed by atoms with Crippen LogP contribution in [-0.2, 0) is 4.79 Å². The minimum atomic E-state index is -0.321. The monoisotopic (exact) mass is 496 g/mol. The number of carbonyl (C=O) groups excluding carboxylic acids is 1. The molecule has 1 N–H and O–H groups in total. The summed E-state index contributed by atoms with van der Waals surface area (Å²) >= 11 is 13.1. The molecule has 0 saturated carbocycles. The van der Waals surface area contributed by atoms with Gasteiger partial charge in [-0.05, 0) is 61.0 Å². The van der Waals surface area contributed by atoms with Gasteiger partial charge in [0.05, 0.1) is 28.1 Å². The number of hydrogen-bond acceptors (Lipinski definition) is 5. The molecule has 0 radical (unpaired) electrons. The molecule has 0 atom stereocenters. The molecule has 0 aliphatic rings. The van der Waals surface area contributed by atoms with Crippen molar-refractivity contribution in [2.75, 3.05) is 5.75 Å². The zero-order valence-electron chi connectivity index (χ0n) is 17.5. The number of hydrogen-bond donors (Lipinski definition) is 1. The lowest BCUT2D eigenvalue weighted by Gasteiger charge is -2.13. The number of fused-ring (bicyclic) bond motifs is 1. The largest absolute Gasteiger partial charge is 0.272 e. The van der Waals surface area contributed by atoms with E-state index in [0.29, 0.717) is 37.5 Å². The maximum Gasteiger partial charge on any atom is 0.266 e. The van der Waals surface area contributed by atoms with Gasteiger partial charge < -0.3 is 0 Å². The van der Waals surface area contributed by atoms with Gasteiger partial charge in [0.15, 0.2) is 5.16 Å². The maximum atomic E-state index is 13.2. The topological polar surface area (TPSA) is 76.3 Å². The Balaban J connectivity index is 1.57. The van der Waals surface area contributed by atoms with Crippen molar-refractivity contribution in [3.63, 3.8) is 0 Å². The van der Waals surface area contributed by atoms with Gasteiger partial charge in [0.2, 0.25) is 0 Å². The molecular weight excluding hydrogens is 479 g/mol. The number of para-hydroxylation sites is 1. The van der Waals surface area contributed by atoms with Crippen LogP contribution in [-0.4, -0.2) is 26.9 Å². The van der Waals surface area contributed by atoms with E-state index >= 15 is 0 Å². The summed E-state index contributed by atoms with van der Waals surface area (Å²) in [5, 5.41) is 6.22. The quantitative estimate of drug-likeness (QED) is 0.169. The van der Waals surface area contributed by atoms with Gasteiger partial charge in [-0.2, -0.15) is 5.10 Å². The van der Waals surface area contributed by atoms with Crippen molar-refractivity contribution in [3.8, 4) is 5.69 Å². The van der Waals surface area contributed by atoms with Crippen LogP contribution in [0.4, 0.5) is 0 Å². The highest BCUT2D eigenvalue weighted by molar-refractivity contribution is 7.99. The lowest BCUT2D eigenvalue weighted by Crippen LogP contribution is -2.24. The average Bonchev–Trinajstić information content (AvgIpc) is 2.82. The zero-order valence-corrected chi connectivity index (χ0v) is 19.8. The summed E-state index contributed by atoms with van der Waals surface area (Å²) < 4.78 is 1.48. The number of nitrogens with one attached hydrogen (secondary N) is 1. The van der Waals surface area contributed by atoms with E-state index in [1.807, 2.05) is 18.2 Å². The number of amides is 1. The van der Waals surface area contributed by atoms with Crippen LogP contribution in [0.1, 0.15) is 12.5 Å². The van der Waals surface area contributed by atoms with Crippen molar-refractivity contribution in [1.82, 2.24) is 15.0 Å². The lowest BCUT2D eigenvalue weighted by atomic mass is 10.1. The molecule has 0 aliphatic carbocycles. The number of rotatable bonds is 6. The van der Waals surface area contributed by atoms with Crippen molar-refractivity contribution in [2.45, 2.75) is 12.1 Å². The van der Waals surface area contributed by atoms with Gasteiger partial charge in [-0.15, -0.1) is 0 Å². The fourth-order valence-corrected chi connectivity index (χ4v) is 4.15. The third kappa shape index (κ3) is 5.45. The third-order valence-corrected chi connectivity index (χ3v) is 6.21. The van der Waals surface area contributed by atoms with Crippen molar-refractivity contribution < 1.29 is 4.79 Å². The number of halogens is 2. The third-order valence-electron chi connectivity index (χ3n) is 4.77. The Kier molecular flexibility index (Phi) is 7.13. The number of benzene rings is 3. The Bertz CT molecular complexity index is 1400. The highest BCUT2D eigenvalue weighted by Crippen LogP contribution is 2.22. The molecule has 33 heavy (non-hydrogen) atoms. The Morgan fingerprint density at radius 2 is 1.64 bits per heavy atom. The van der Waals surface area contributed by atoms with Crippen LogP contribution in [0, 0.1) is 0 Å². The van der Waals surface area contributed by atoms with Crippen LogP contribution in [0.15, 0.2) is 87.8 Å². The van der Waals surface area contributed by atoms with Gasteiger partial charge in [-0.1, -0.05) is 59.2 Å². The van der Waals surface area contributed by atoms with Gasteiger partial charge in [0, 0.05) is 10.0 Å². The molecule has 3 aromatic carbocycles. The van der Waals surface area contributed by atoms with Gasteiger partial charge in [-0.3, -0.25) is 14.2 Å². The van der Waals surface area contributed by atoms with Crippen molar-refractivity contribution in [1.29, 1.82) is 0 Å². The molecule has 6 nitrogen and oxygen atoms in total. The van der Waals surface area contributed by atoms with Crippen LogP contribution >= 0.6 is 35.0 Å². The van der Waals surface area contributed by atoms with Gasteiger partial charge in [-0.25, -0.2) is 10.4 Å². The average molecular weight is 497 g/mol. The van der Waals surface area contributed by atoms with Crippen molar-refractivity contribution in [2.24, 2.45) is 5.10 Å². The molecule has 4 rings (SSSR count). The molecule has 9 heteroatoms. The smallest absolute Gasteiger partial charge is 0.266 e. The standard InChI is InChI=1S/C24H18Cl2N4O2S/c1-15(16-6-8-17(25)9-7-16)28-29-22(31)14-33-24-27-21-5-3-2-4-20(21)23(32)30(24)19-12-10-18(26)11-13-19/h2-13H,14H2,1H3,(H,29,31)/b28-15+. The summed E-state index contributed by atoms with van der Waals surface area (Å²) in [7, 11) is 0. The van der Waals surface area contributed by atoms with Gasteiger partial charge >= 0.3 is 0 Å². The molecule has 1 amide bonds. The molecule has 0 saturated heterocycles. The predicted molar refractivity (Wildman–Crippen MR) is 135 cm³/mol. The van der Waals surface area contributed by atoms with Gasteiger partial charge in [0.25, 0.3) is 11.5 Å². The van der Waals surface area contributed by atoms with E-state index in [0.717, 1.165) is 17.3 Å². The molecule has 4 aromatic rings. The normalized spacial score (nSPS) is 11.5. The van der Waals surface area contributed by atoms with E-state index in [2.05, 4.69) is 15.5 Å². The first-order valence-corrected chi connectivity index (χ1v) is 11.7. The van der Waals surface area contributed by atoms with E-state index in [-0.39, 0.29) is 17.2 Å². The van der Waals surface area contributed by atoms with E-state index < -0.39 is 0 Å². The first kappa shape index (κ1) is 23.0. The highest BCUT2D eigenvalue weighted by Gasteiger charge is 2.15. The summed E-state index contributed by atoms with van der Waals surface area (Å²) in [6.07, 6.45) is 0. The summed E-state index contributed by atoms with van der Waals surface area (Å²) in [5.41, 5.74) is 4.99. The Hall–Kier alpha value is -3.13. The number of aromatic nitrogens is 2. The summed E-state index contributed by atoms with van der Waals surface area (Å²) in [6.45, 7) is 1.79. The van der Waals surface area contributed by atoms with E-state index in [4.69, 9.17) is 23.2 Å². The Morgan fingerprint density at radius 3 is 2.33 bits per heavy atom. The van der Waals surface area contributed by atoms with E-state index in [1.54, 1.807) is 61.5 Å². The fraction of sp³-hybridized carbons (Fsp3) is 0.0833. The Morgan fingerprint density at radius 1 is 1.00 bits per heavy atom. The lowest BCUT2D eigenvalue weighted by molar-refractivity contribution is -0.118. The molecule has 0 spiro atoms. The number of thioether (sulfide) groups is 1. The fourth-order valence-electron chi connectivity index (χ4n) is 3.09. The molecule has 1 heterocycles. The summed E-state index contributed by atoms with van der Waals surface area (Å²) in [4.78, 5) is 30.3. The van der Waals surface area contributed by atoms with Crippen LogP contribution in [0.5, 0.6) is 0 Å². The second kappa shape index (κ2) is 10.2. The first-order chi connectivity index (χ1) is 15.9. The summed E-state index contributed by atoms with van der Waals surface area (Å²) in [5.74, 6) is -0.297. The zero-order chi connectivity index (χ0) is 23.4. The SMILES string of the molecule is C/C(=N\NC(=O)CSc1nc2ccccc2c(=O)n1-c1ccc(Cl)cc1)c1ccc(Cl)cc1. The van der Waals surface area contributed by atoms with Crippen LogP contribution in [0.2, 0.25) is 10.0 Å². The Labute approximate surface area is 204 Å². The summed E-state index contributed by atoms with van der Waals surface area (Å²) in [6, 6.07) is 21.2. The van der Waals surface area contributed by atoms with Crippen molar-refractivity contribution >= 4 is 57.5 Å². The highest BCUT2D eigenvalue weighted by atomic mass is 35.5. The van der Waals surface area contributed by atoms with Crippen molar-refractivity contribution in [3.05, 3.63) is 98.8 Å². The van der Waals surface area contributed by atoms with E-state index in [1.165, 1.54) is 4.57 Å². The maximum absolute atomic E-state index is 13.2. The predicted octanol–water partition coefficient (Wildman–Crippen LogP) is 5.33. The van der Waals surface area contributed by atoms with Crippen LogP contribution in [0.25, 0.3) is 16.6 Å². The van der Waals surface area contributed by atoms with Crippen LogP contribution in [0.3, 0.4) is 0 Å². The van der Waals surface area contributed by atoms with Crippen LogP contribution < -0.4 is 11.0 Å². The molecule has 1 aromatic heterocycles. The molecular formula is C24H18Cl2N4O2S. The minimum absolute atomic E-state index is 0.0236. The second-order valence-electron chi connectivity index (χ2n) is 7.06. The van der Waals surface area contributed by atoms with Gasteiger partial charge in [0.1, 0.15) is 0 Å². The number of nitrogens with zero attached hydrogens (tertiary/aromatic N) is 3. The molecule has 0 aliphatic heterocycles. The molecule has 166 valence electrons. The second-order valence-corrected chi connectivity index (χ2v) is 8.87. The molecule has 0 fully saturated rings. The van der Waals surface area contributed by atoms with E-state index in [9.17, 15) is 9.59 Å². The molecule has 0 bridgehead atoms. The minimum Gasteiger partial charge on any atom is -0.272 e. The number of hydrazone groups is 1. The molecule has 0 unspecified atom stereocenters. The first-order valence-electron chi connectivity index (χ1n) is 9.92.